The van der Waals surface area contributed by atoms with Crippen molar-refractivity contribution in [2.45, 2.75) is 13.0 Å². The maximum absolute atomic E-state index is 11.7. The number of nitrogens with zero attached hydrogens (tertiary/aromatic N) is 2. The van der Waals surface area contributed by atoms with Crippen molar-refractivity contribution in [1.82, 2.24) is 20.9 Å². The van der Waals surface area contributed by atoms with Crippen LogP contribution in [-0.2, 0) is 17.8 Å². The second-order valence-corrected chi connectivity index (χ2v) is 4.78. The minimum atomic E-state index is -0.130. The van der Waals surface area contributed by atoms with Crippen LogP contribution in [0.2, 0.25) is 0 Å². The van der Waals surface area contributed by atoms with Gasteiger partial charge in [-0.15, -0.1) is 0 Å². The Morgan fingerprint density at radius 1 is 1.22 bits per heavy atom. The van der Waals surface area contributed by atoms with Crippen LogP contribution in [0.1, 0.15) is 11.5 Å². The van der Waals surface area contributed by atoms with Gasteiger partial charge in [-0.1, -0.05) is 6.07 Å². The zero-order valence-electron chi connectivity index (χ0n) is 13.1. The van der Waals surface area contributed by atoms with Crippen molar-refractivity contribution in [1.29, 1.82) is 0 Å². The predicted molar refractivity (Wildman–Crippen MR) is 87.9 cm³/mol. The van der Waals surface area contributed by atoms with E-state index in [9.17, 15) is 4.79 Å². The smallest absolute Gasteiger partial charge is 0.239 e. The predicted octanol–water partition coefficient (Wildman–Crippen LogP) is 0.699. The molecule has 0 saturated carbocycles. The first-order valence-corrected chi connectivity index (χ1v) is 7.41. The Kier molecular flexibility index (Phi) is 6.65. The number of carbonyl (C=O) groups excluding carboxylic acids is 1. The normalized spacial score (nSPS) is 11.1. The van der Waals surface area contributed by atoms with Crippen LogP contribution in [0.4, 0.5) is 0 Å². The highest BCUT2D eigenvalue weighted by Gasteiger charge is 2.04. The first-order valence-electron chi connectivity index (χ1n) is 7.41. The van der Waals surface area contributed by atoms with Crippen LogP contribution in [0.25, 0.3) is 0 Å². The van der Waals surface area contributed by atoms with Crippen molar-refractivity contribution < 1.29 is 9.21 Å². The molecule has 0 radical (unpaired) electrons. The van der Waals surface area contributed by atoms with Crippen molar-refractivity contribution in [3.8, 4) is 0 Å². The van der Waals surface area contributed by atoms with Crippen molar-refractivity contribution >= 4 is 11.9 Å². The fraction of sp³-hybridized carbons (Fsp3) is 0.312. The van der Waals surface area contributed by atoms with Crippen molar-refractivity contribution in [2.75, 3.05) is 20.1 Å². The third-order valence-corrected chi connectivity index (χ3v) is 3.08. The summed E-state index contributed by atoms with van der Waals surface area (Å²) in [4.78, 5) is 20.1. The zero-order valence-corrected chi connectivity index (χ0v) is 13.1. The quantitative estimate of drug-likeness (QED) is 0.517. The summed E-state index contributed by atoms with van der Waals surface area (Å²) in [5.74, 6) is 1.17. The van der Waals surface area contributed by atoms with E-state index in [2.05, 4.69) is 25.9 Å². The number of hydrogen-bond donors (Lipinski definition) is 3. The highest BCUT2D eigenvalue weighted by molar-refractivity contribution is 5.86. The van der Waals surface area contributed by atoms with Crippen molar-refractivity contribution in [2.24, 2.45) is 4.99 Å². The summed E-state index contributed by atoms with van der Waals surface area (Å²) in [7, 11) is 1.66. The number of amides is 1. The van der Waals surface area contributed by atoms with Gasteiger partial charge in [0, 0.05) is 31.9 Å². The van der Waals surface area contributed by atoms with Gasteiger partial charge in [0.05, 0.1) is 19.4 Å². The highest BCUT2D eigenvalue weighted by Crippen LogP contribution is 1.98. The largest absolute Gasteiger partial charge is 0.467 e. The maximum atomic E-state index is 11.7. The Morgan fingerprint density at radius 2 is 2.13 bits per heavy atom. The molecule has 2 rings (SSSR count). The lowest BCUT2D eigenvalue weighted by Crippen LogP contribution is -2.43. The molecule has 2 heterocycles. The summed E-state index contributed by atoms with van der Waals surface area (Å²) in [5, 5.41) is 8.86. The van der Waals surface area contributed by atoms with Gasteiger partial charge in [-0.05, 0) is 24.3 Å². The summed E-state index contributed by atoms with van der Waals surface area (Å²) in [6.45, 7) is 1.20. The van der Waals surface area contributed by atoms with Crippen LogP contribution in [0.15, 0.2) is 52.2 Å². The van der Waals surface area contributed by atoms with Gasteiger partial charge in [0.15, 0.2) is 5.96 Å². The molecule has 0 fully saturated rings. The second-order valence-electron chi connectivity index (χ2n) is 4.78. The Hall–Kier alpha value is -2.83. The van der Waals surface area contributed by atoms with E-state index in [4.69, 9.17) is 4.42 Å². The van der Waals surface area contributed by atoms with Crippen LogP contribution in [0, 0.1) is 0 Å². The van der Waals surface area contributed by atoms with E-state index >= 15 is 0 Å². The van der Waals surface area contributed by atoms with E-state index in [1.807, 2.05) is 24.3 Å². The molecule has 0 aliphatic rings. The fourth-order valence-electron chi connectivity index (χ4n) is 1.90. The molecule has 0 unspecified atom stereocenters. The maximum Gasteiger partial charge on any atom is 0.239 e. The number of aliphatic imine (C=N–C) groups is 1. The summed E-state index contributed by atoms with van der Waals surface area (Å²) in [6, 6.07) is 9.41. The third kappa shape index (κ3) is 6.21. The molecule has 0 aliphatic heterocycles. The van der Waals surface area contributed by atoms with Crippen LogP contribution in [0.3, 0.4) is 0 Å². The molecule has 23 heavy (non-hydrogen) atoms. The van der Waals surface area contributed by atoms with E-state index in [-0.39, 0.29) is 12.5 Å². The van der Waals surface area contributed by atoms with E-state index < -0.39 is 0 Å². The number of carbonyl (C=O) groups is 1. The number of guanidine groups is 1. The van der Waals surface area contributed by atoms with E-state index in [1.54, 1.807) is 25.6 Å². The molecule has 0 saturated heterocycles. The lowest BCUT2D eigenvalue weighted by atomic mass is 10.3. The summed E-state index contributed by atoms with van der Waals surface area (Å²) >= 11 is 0. The first-order chi connectivity index (χ1) is 11.3. The zero-order chi connectivity index (χ0) is 16.3. The molecule has 122 valence electrons. The fourth-order valence-corrected chi connectivity index (χ4v) is 1.90. The van der Waals surface area contributed by atoms with E-state index in [0.29, 0.717) is 19.0 Å². The van der Waals surface area contributed by atoms with Crippen molar-refractivity contribution in [3.63, 3.8) is 0 Å². The Balaban J connectivity index is 1.63. The monoisotopic (exact) mass is 315 g/mol. The second kappa shape index (κ2) is 9.24. The molecule has 0 aliphatic carbocycles. The Bertz CT molecular complexity index is 611. The summed E-state index contributed by atoms with van der Waals surface area (Å²) in [6.07, 6.45) is 4.13. The number of nitrogens with one attached hydrogen (secondary N) is 3. The van der Waals surface area contributed by atoms with E-state index in [0.717, 1.165) is 17.9 Å². The van der Waals surface area contributed by atoms with Gasteiger partial charge in [0.2, 0.25) is 5.91 Å². The minimum absolute atomic E-state index is 0.130. The summed E-state index contributed by atoms with van der Waals surface area (Å²) < 4.78 is 5.15. The topological polar surface area (TPSA) is 91.5 Å². The molecule has 0 spiro atoms. The molecule has 3 N–H and O–H groups in total. The summed E-state index contributed by atoms with van der Waals surface area (Å²) in [5.41, 5.74) is 1.01. The molecule has 7 heteroatoms. The average Bonchev–Trinajstić information content (AvgIpc) is 3.10. The average molecular weight is 315 g/mol. The van der Waals surface area contributed by atoms with Crippen molar-refractivity contribution in [3.05, 3.63) is 54.2 Å². The third-order valence-electron chi connectivity index (χ3n) is 3.08. The Morgan fingerprint density at radius 3 is 2.83 bits per heavy atom. The lowest BCUT2D eigenvalue weighted by molar-refractivity contribution is -0.120. The first kappa shape index (κ1) is 16.5. The number of furan rings is 1. The Labute approximate surface area is 135 Å². The van der Waals surface area contributed by atoms with Crippen LogP contribution in [-0.4, -0.2) is 37.0 Å². The highest BCUT2D eigenvalue weighted by atomic mass is 16.3. The molecule has 0 atom stereocenters. The van der Waals surface area contributed by atoms with Gasteiger partial charge < -0.3 is 20.4 Å². The molecule has 2 aromatic heterocycles. The van der Waals surface area contributed by atoms with Gasteiger partial charge in [-0.3, -0.25) is 14.8 Å². The molecule has 1 amide bonds. The number of rotatable bonds is 7. The van der Waals surface area contributed by atoms with Crippen LogP contribution in [0.5, 0.6) is 0 Å². The van der Waals surface area contributed by atoms with Crippen LogP contribution >= 0.6 is 0 Å². The standard InChI is InChI=1S/C16H21N5O2/c1-17-16(19-9-7-13-5-2-3-8-18-13)21-12-15(22)20-11-14-6-4-10-23-14/h2-6,8,10H,7,9,11-12H2,1H3,(H,20,22)(H2,17,19,21). The van der Waals surface area contributed by atoms with Gasteiger partial charge in [-0.25, -0.2) is 0 Å². The minimum Gasteiger partial charge on any atom is -0.467 e. The van der Waals surface area contributed by atoms with Gasteiger partial charge >= 0.3 is 0 Å². The van der Waals surface area contributed by atoms with Gasteiger partial charge in [0.1, 0.15) is 5.76 Å². The SMILES string of the molecule is CN=C(NCCc1ccccn1)NCC(=O)NCc1ccco1. The number of pyridine rings is 1. The van der Waals surface area contributed by atoms with Gasteiger partial charge in [0.25, 0.3) is 0 Å². The number of aromatic nitrogens is 1. The molecular formula is C16H21N5O2. The molecule has 2 aromatic rings. The number of hydrogen-bond acceptors (Lipinski definition) is 4. The van der Waals surface area contributed by atoms with Crippen LogP contribution < -0.4 is 16.0 Å². The molecule has 0 aromatic carbocycles. The van der Waals surface area contributed by atoms with Gasteiger partial charge in [-0.2, -0.15) is 0 Å². The lowest BCUT2D eigenvalue weighted by Gasteiger charge is -2.11. The van der Waals surface area contributed by atoms with E-state index in [1.165, 1.54) is 0 Å². The molecular weight excluding hydrogens is 294 g/mol. The molecule has 7 nitrogen and oxygen atoms in total. The molecule has 0 bridgehead atoms.